The fraction of sp³-hybridized carbons (Fsp3) is 0.630. The molecule has 7 heteroatoms. The van der Waals surface area contributed by atoms with Crippen LogP contribution in [0.1, 0.15) is 133 Å². The summed E-state index contributed by atoms with van der Waals surface area (Å²) in [6.45, 7) is 16.9. The number of allylic oxidation sites excluding steroid dienone is 2. The van der Waals surface area contributed by atoms with Crippen LogP contribution >= 0.6 is 0 Å². The Bertz CT molecular complexity index is 1810. The first kappa shape index (κ1) is 37.7. The third-order valence-electron chi connectivity index (χ3n) is 16.0. The van der Waals surface area contributed by atoms with Crippen molar-refractivity contribution in [3.63, 3.8) is 0 Å². The molecule has 0 radical (unpaired) electrons. The van der Waals surface area contributed by atoms with Crippen LogP contribution in [0.2, 0.25) is 0 Å². The maximum Gasteiger partial charge on any atom is 0.338 e. The molecule has 0 aromatic heterocycles. The molecule has 53 heavy (non-hydrogen) atoms. The Balaban J connectivity index is 1.13. The van der Waals surface area contributed by atoms with Crippen molar-refractivity contribution in [1.82, 2.24) is 0 Å². The molecule has 0 amide bonds. The summed E-state index contributed by atoms with van der Waals surface area (Å²) in [5.74, 6) is 1.59. The van der Waals surface area contributed by atoms with Crippen LogP contribution < -0.4 is 9.47 Å². The first-order valence-electron chi connectivity index (χ1n) is 19.9. The highest BCUT2D eigenvalue weighted by Crippen LogP contribution is 2.74. The summed E-state index contributed by atoms with van der Waals surface area (Å²) < 4.78 is 22.8. The Morgan fingerprint density at radius 2 is 1.30 bits per heavy atom. The van der Waals surface area contributed by atoms with E-state index in [4.69, 9.17) is 18.9 Å². The molecule has 3 fully saturated rings. The number of fused-ring (bicyclic) bond motifs is 6. The topological polar surface area (TPSA) is 88.1 Å². The van der Waals surface area contributed by atoms with E-state index in [9.17, 15) is 14.4 Å². The molecule has 0 bridgehead atoms. The number of esters is 2. The molecule has 0 unspecified atom stereocenters. The number of ether oxygens (including phenoxy) is 4. The van der Waals surface area contributed by atoms with Gasteiger partial charge < -0.3 is 18.9 Å². The summed E-state index contributed by atoms with van der Waals surface area (Å²) in [6.07, 6.45) is 9.11. The molecule has 286 valence electrons. The van der Waals surface area contributed by atoms with Crippen molar-refractivity contribution in [2.24, 2.45) is 44.3 Å². The van der Waals surface area contributed by atoms with Gasteiger partial charge in [0, 0.05) is 28.2 Å². The zero-order valence-electron chi connectivity index (χ0n) is 33.5. The van der Waals surface area contributed by atoms with E-state index in [0.29, 0.717) is 47.4 Å². The minimum absolute atomic E-state index is 0.0556. The van der Waals surface area contributed by atoms with Crippen molar-refractivity contribution < 1.29 is 33.3 Å². The lowest BCUT2D eigenvalue weighted by Gasteiger charge is -2.69. The minimum atomic E-state index is -0.370. The van der Waals surface area contributed by atoms with Gasteiger partial charge >= 0.3 is 11.9 Å². The fourth-order valence-corrected chi connectivity index (χ4v) is 12.3. The predicted molar refractivity (Wildman–Crippen MR) is 205 cm³/mol. The van der Waals surface area contributed by atoms with E-state index in [-0.39, 0.29) is 56.5 Å². The molecule has 0 aliphatic heterocycles. The molecule has 3 saturated carbocycles. The lowest BCUT2D eigenvalue weighted by molar-refractivity contribution is -0.165. The summed E-state index contributed by atoms with van der Waals surface area (Å²) in [4.78, 5) is 41.3. The molecule has 8 atom stereocenters. The van der Waals surface area contributed by atoms with Gasteiger partial charge in [0.15, 0.2) is 5.78 Å². The second kappa shape index (κ2) is 13.0. The third-order valence-corrected chi connectivity index (χ3v) is 16.0. The average Bonchev–Trinajstić information content (AvgIpc) is 3.14. The number of rotatable bonds is 7. The van der Waals surface area contributed by atoms with Crippen molar-refractivity contribution in [3.8, 4) is 11.5 Å². The SMILES string of the molecule is COc1ccc(C(=O)OC[C@]2(C)CC[C@]3(C)CC[C@]4(C)C5=C(CC[C@@]4(C)[C@@H]3C2)[C@@]2(C)CC[C@@H](OC(=O)c3ccc(OC)cc3)C(C)(C)[C@@H]2CC5=O)cc1. The van der Waals surface area contributed by atoms with E-state index in [1.807, 2.05) is 0 Å². The highest BCUT2D eigenvalue weighted by molar-refractivity contribution is 5.99. The summed E-state index contributed by atoms with van der Waals surface area (Å²) in [5, 5.41) is 0. The van der Waals surface area contributed by atoms with Gasteiger partial charge in [-0.1, -0.05) is 54.0 Å². The van der Waals surface area contributed by atoms with E-state index < -0.39 is 0 Å². The van der Waals surface area contributed by atoms with Crippen molar-refractivity contribution in [2.45, 2.75) is 119 Å². The van der Waals surface area contributed by atoms with Gasteiger partial charge in [-0.05, 0) is 134 Å². The summed E-state index contributed by atoms with van der Waals surface area (Å²) >= 11 is 0. The normalized spacial score (nSPS) is 37.3. The van der Waals surface area contributed by atoms with Gasteiger partial charge in [0.25, 0.3) is 0 Å². The Hall–Kier alpha value is -3.61. The molecule has 0 heterocycles. The number of ketones is 1. The van der Waals surface area contributed by atoms with Crippen molar-refractivity contribution >= 4 is 17.7 Å². The Morgan fingerprint density at radius 1 is 0.717 bits per heavy atom. The van der Waals surface area contributed by atoms with Gasteiger partial charge in [0.1, 0.15) is 17.6 Å². The third kappa shape index (κ3) is 5.94. The molecular formula is C46H60O7. The van der Waals surface area contributed by atoms with Crippen LogP contribution in [0.5, 0.6) is 11.5 Å². The number of methoxy groups -OCH3 is 2. The van der Waals surface area contributed by atoms with Gasteiger partial charge in [-0.2, -0.15) is 0 Å². The van der Waals surface area contributed by atoms with Gasteiger partial charge in [0.05, 0.1) is 32.0 Å². The van der Waals surface area contributed by atoms with E-state index in [1.54, 1.807) is 62.8 Å². The van der Waals surface area contributed by atoms with Crippen LogP contribution in [0.3, 0.4) is 0 Å². The molecule has 7 nitrogen and oxygen atoms in total. The molecule has 2 aromatic rings. The Kier molecular flexibility index (Phi) is 9.25. The zero-order chi connectivity index (χ0) is 38.2. The van der Waals surface area contributed by atoms with Crippen molar-refractivity contribution in [3.05, 3.63) is 70.8 Å². The van der Waals surface area contributed by atoms with Crippen LogP contribution in [0, 0.1) is 44.3 Å². The Morgan fingerprint density at radius 3 is 1.91 bits per heavy atom. The number of carbonyl (C=O) groups is 3. The minimum Gasteiger partial charge on any atom is -0.497 e. The molecule has 0 spiro atoms. The zero-order valence-corrected chi connectivity index (χ0v) is 33.5. The summed E-state index contributed by atoms with van der Waals surface area (Å²) in [6, 6.07) is 14.2. The smallest absolute Gasteiger partial charge is 0.338 e. The number of hydrogen-bond donors (Lipinski definition) is 0. The highest BCUT2D eigenvalue weighted by Gasteiger charge is 2.68. The lowest BCUT2D eigenvalue weighted by Crippen LogP contribution is -2.63. The van der Waals surface area contributed by atoms with Crippen LogP contribution in [0.4, 0.5) is 0 Å². The molecule has 7 rings (SSSR count). The average molecular weight is 725 g/mol. The van der Waals surface area contributed by atoms with E-state index in [0.717, 1.165) is 63.4 Å². The second-order valence-electron chi connectivity index (χ2n) is 19.2. The monoisotopic (exact) mass is 724 g/mol. The lowest BCUT2D eigenvalue weighted by atomic mass is 9.35. The van der Waals surface area contributed by atoms with Crippen LogP contribution in [0.25, 0.3) is 0 Å². The molecule has 5 aliphatic rings. The van der Waals surface area contributed by atoms with Gasteiger partial charge in [-0.25, -0.2) is 9.59 Å². The van der Waals surface area contributed by atoms with Crippen molar-refractivity contribution in [1.29, 1.82) is 0 Å². The predicted octanol–water partition coefficient (Wildman–Crippen LogP) is 10.2. The Labute approximate surface area is 316 Å². The van der Waals surface area contributed by atoms with E-state index in [1.165, 1.54) is 5.57 Å². The largest absolute Gasteiger partial charge is 0.497 e. The summed E-state index contributed by atoms with van der Waals surface area (Å²) in [7, 11) is 3.23. The van der Waals surface area contributed by atoms with E-state index in [2.05, 4.69) is 48.5 Å². The first-order chi connectivity index (χ1) is 24.9. The number of benzene rings is 2. The van der Waals surface area contributed by atoms with Gasteiger partial charge in [-0.3, -0.25) is 4.79 Å². The number of carbonyl (C=O) groups excluding carboxylic acids is 3. The molecular weight excluding hydrogens is 664 g/mol. The maximum atomic E-state index is 14.8. The van der Waals surface area contributed by atoms with Crippen molar-refractivity contribution in [2.75, 3.05) is 20.8 Å². The quantitative estimate of drug-likeness (QED) is 0.263. The van der Waals surface area contributed by atoms with Crippen LogP contribution in [-0.2, 0) is 14.3 Å². The second-order valence-corrected chi connectivity index (χ2v) is 19.2. The van der Waals surface area contributed by atoms with E-state index >= 15 is 0 Å². The molecule has 0 saturated heterocycles. The van der Waals surface area contributed by atoms with Crippen LogP contribution in [-0.4, -0.2) is 44.7 Å². The number of Topliss-reactive ketones (excluding diaryl/α,β-unsaturated/α-hetero) is 1. The highest BCUT2D eigenvalue weighted by atomic mass is 16.5. The summed E-state index contributed by atoms with van der Waals surface area (Å²) in [5.41, 5.74) is 2.84. The van der Waals surface area contributed by atoms with Gasteiger partial charge in [0.2, 0.25) is 0 Å². The standard InChI is InChI=1S/C46H60O7/c1-41(2)35-26-34(47)38-33(44(35,5)20-19-37(41)53-40(49)30-12-16-32(51-9)17-13-30)18-21-45(6)36-27-42(3,22-23-43(36,4)24-25-46(38,45)7)28-52-39(48)29-10-14-31(50-8)15-11-29/h10-17,35-37H,18-28H2,1-9H3/t35-,36+,37+,42+,43+,44+,45-,46+/m0/s1. The maximum absolute atomic E-state index is 14.8. The molecule has 2 aromatic carbocycles. The first-order valence-corrected chi connectivity index (χ1v) is 19.9. The number of hydrogen-bond acceptors (Lipinski definition) is 7. The molecule has 5 aliphatic carbocycles. The fourth-order valence-electron chi connectivity index (χ4n) is 12.3. The molecule has 0 N–H and O–H groups in total. The van der Waals surface area contributed by atoms with Crippen LogP contribution in [0.15, 0.2) is 59.7 Å². The van der Waals surface area contributed by atoms with Gasteiger partial charge in [-0.15, -0.1) is 0 Å².